The number of halogens is 1. The molecule has 3 rings (SSSR count). The highest BCUT2D eigenvalue weighted by Crippen LogP contribution is 2.26. The average Bonchev–Trinajstić information content (AvgIpc) is 2.56. The van der Waals surface area contributed by atoms with Gasteiger partial charge in [0.15, 0.2) is 0 Å². The molecule has 1 aromatic carbocycles. The van der Waals surface area contributed by atoms with Gasteiger partial charge in [-0.25, -0.2) is 4.39 Å². The molecule has 1 atom stereocenters. The third kappa shape index (κ3) is 3.09. The highest BCUT2D eigenvalue weighted by molar-refractivity contribution is 5.79. The Morgan fingerprint density at radius 2 is 2.09 bits per heavy atom. The Morgan fingerprint density at radius 1 is 1.30 bits per heavy atom. The van der Waals surface area contributed by atoms with Crippen molar-refractivity contribution in [2.45, 2.75) is 19.0 Å². The topological polar surface area (TPSA) is 30.2 Å². The second-order valence-electron chi connectivity index (χ2n) is 5.41. The molecule has 0 saturated carbocycles. The van der Waals surface area contributed by atoms with E-state index in [1.54, 1.807) is 18.2 Å². The van der Waals surface area contributed by atoms with Crippen LogP contribution in [0.1, 0.15) is 17.7 Å². The summed E-state index contributed by atoms with van der Waals surface area (Å²) < 4.78 is 19.4. The zero-order valence-electron chi connectivity index (χ0n) is 12.7. The van der Waals surface area contributed by atoms with E-state index in [0.717, 1.165) is 5.56 Å². The number of hydrogen-bond acceptors (Lipinski definition) is 2. The van der Waals surface area contributed by atoms with Crippen LogP contribution in [0.15, 0.2) is 76.7 Å². The van der Waals surface area contributed by atoms with Gasteiger partial charge in [-0.15, -0.1) is 6.58 Å². The number of alkyl halides is 1. The first-order valence-corrected chi connectivity index (χ1v) is 7.54. The fourth-order valence-corrected chi connectivity index (χ4v) is 2.70. The van der Waals surface area contributed by atoms with Gasteiger partial charge in [-0.2, -0.15) is 0 Å². The highest BCUT2D eigenvalue weighted by atomic mass is 19.1. The molecule has 0 aliphatic heterocycles. The SMILES string of the molecule is C=CCc1occ(-c2ccccc2)c(=O)c1C1=CC(F)CC=C1. The molecule has 1 aromatic heterocycles. The van der Waals surface area contributed by atoms with Crippen LogP contribution in [0.2, 0.25) is 0 Å². The summed E-state index contributed by atoms with van der Waals surface area (Å²) >= 11 is 0. The molecule has 0 spiro atoms. The molecule has 0 saturated heterocycles. The molecule has 2 nitrogen and oxygen atoms in total. The van der Waals surface area contributed by atoms with Crippen molar-refractivity contribution in [2.75, 3.05) is 0 Å². The Hall–Kier alpha value is -2.68. The molecule has 1 unspecified atom stereocenters. The zero-order chi connectivity index (χ0) is 16.2. The quantitative estimate of drug-likeness (QED) is 0.765. The minimum Gasteiger partial charge on any atom is -0.467 e. The normalized spacial score (nSPS) is 16.9. The maximum Gasteiger partial charge on any atom is 0.200 e. The minimum absolute atomic E-state index is 0.149. The molecule has 0 fully saturated rings. The lowest BCUT2D eigenvalue weighted by Crippen LogP contribution is -2.15. The summed E-state index contributed by atoms with van der Waals surface area (Å²) in [4.78, 5) is 13.0. The molecule has 116 valence electrons. The van der Waals surface area contributed by atoms with Gasteiger partial charge in [-0.05, 0) is 17.2 Å². The van der Waals surface area contributed by atoms with Gasteiger partial charge in [0.1, 0.15) is 18.2 Å². The number of rotatable bonds is 4. The van der Waals surface area contributed by atoms with Crippen molar-refractivity contribution in [1.29, 1.82) is 0 Å². The summed E-state index contributed by atoms with van der Waals surface area (Å²) in [6.07, 6.45) is 7.82. The molecule has 1 heterocycles. The molecule has 0 bridgehead atoms. The van der Waals surface area contributed by atoms with Crippen LogP contribution in [0, 0.1) is 0 Å². The Bertz CT molecular complexity index is 828. The van der Waals surface area contributed by atoms with Gasteiger partial charge in [-0.1, -0.05) is 48.6 Å². The smallest absolute Gasteiger partial charge is 0.200 e. The summed E-state index contributed by atoms with van der Waals surface area (Å²) in [6.45, 7) is 3.69. The largest absolute Gasteiger partial charge is 0.467 e. The van der Waals surface area contributed by atoms with Gasteiger partial charge >= 0.3 is 0 Å². The van der Waals surface area contributed by atoms with E-state index in [0.29, 0.717) is 35.3 Å². The Balaban J connectivity index is 2.21. The first kappa shape index (κ1) is 15.2. The van der Waals surface area contributed by atoms with E-state index in [-0.39, 0.29) is 5.43 Å². The molecule has 3 heteroatoms. The van der Waals surface area contributed by atoms with Gasteiger partial charge in [0.05, 0.1) is 11.1 Å². The van der Waals surface area contributed by atoms with Crippen LogP contribution in [-0.2, 0) is 6.42 Å². The van der Waals surface area contributed by atoms with Crippen molar-refractivity contribution in [3.8, 4) is 11.1 Å². The molecular weight excluding hydrogens is 291 g/mol. The van der Waals surface area contributed by atoms with E-state index in [2.05, 4.69) is 6.58 Å². The first-order chi connectivity index (χ1) is 11.2. The van der Waals surface area contributed by atoms with Crippen molar-refractivity contribution >= 4 is 5.57 Å². The van der Waals surface area contributed by atoms with E-state index >= 15 is 0 Å². The van der Waals surface area contributed by atoms with E-state index in [9.17, 15) is 9.18 Å². The first-order valence-electron chi connectivity index (χ1n) is 7.54. The van der Waals surface area contributed by atoms with Gasteiger partial charge in [-0.3, -0.25) is 4.79 Å². The van der Waals surface area contributed by atoms with Crippen LogP contribution in [0.5, 0.6) is 0 Å². The number of hydrogen-bond donors (Lipinski definition) is 0. The lowest BCUT2D eigenvalue weighted by Gasteiger charge is -2.13. The fraction of sp³-hybridized carbons (Fsp3) is 0.150. The van der Waals surface area contributed by atoms with E-state index < -0.39 is 6.17 Å². The second-order valence-corrected chi connectivity index (χ2v) is 5.41. The molecule has 0 radical (unpaired) electrons. The summed E-state index contributed by atoms with van der Waals surface area (Å²) in [7, 11) is 0. The third-order valence-electron chi connectivity index (χ3n) is 3.79. The maximum atomic E-state index is 13.7. The molecule has 1 aliphatic rings. The monoisotopic (exact) mass is 308 g/mol. The number of benzene rings is 1. The Labute approximate surface area is 134 Å². The summed E-state index contributed by atoms with van der Waals surface area (Å²) in [5, 5.41) is 0. The Morgan fingerprint density at radius 3 is 2.78 bits per heavy atom. The molecule has 1 aliphatic carbocycles. The van der Waals surface area contributed by atoms with Crippen LogP contribution in [-0.4, -0.2) is 6.17 Å². The zero-order valence-corrected chi connectivity index (χ0v) is 12.7. The van der Waals surface area contributed by atoms with Crippen LogP contribution in [0.4, 0.5) is 4.39 Å². The molecule has 2 aromatic rings. The number of allylic oxidation sites excluding steroid dienone is 5. The predicted octanol–water partition coefficient (Wildman–Crippen LogP) is 4.72. The standard InChI is InChI=1S/C20H17FO2/c1-2-7-18-19(15-10-6-11-16(21)12-15)20(22)17(13-23-18)14-8-4-3-5-9-14/h2-6,8-10,12-13,16H,1,7,11H2. The van der Waals surface area contributed by atoms with Gasteiger partial charge in [0, 0.05) is 12.8 Å². The van der Waals surface area contributed by atoms with Crippen LogP contribution in [0.25, 0.3) is 16.7 Å². The molecule has 0 N–H and O–H groups in total. The van der Waals surface area contributed by atoms with Crippen molar-refractivity contribution in [3.63, 3.8) is 0 Å². The van der Waals surface area contributed by atoms with Gasteiger partial charge < -0.3 is 4.42 Å². The van der Waals surface area contributed by atoms with E-state index in [1.165, 1.54) is 12.3 Å². The van der Waals surface area contributed by atoms with E-state index in [1.807, 2.05) is 30.3 Å². The maximum absolute atomic E-state index is 13.7. The van der Waals surface area contributed by atoms with Crippen LogP contribution in [0.3, 0.4) is 0 Å². The summed E-state index contributed by atoms with van der Waals surface area (Å²) in [6, 6.07) is 9.32. The summed E-state index contributed by atoms with van der Waals surface area (Å²) in [5.74, 6) is 0.509. The minimum atomic E-state index is -1.08. The van der Waals surface area contributed by atoms with Gasteiger partial charge in [0.25, 0.3) is 0 Å². The highest BCUT2D eigenvalue weighted by Gasteiger charge is 2.19. The third-order valence-corrected chi connectivity index (χ3v) is 3.79. The fourth-order valence-electron chi connectivity index (χ4n) is 2.70. The predicted molar refractivity (Wildman–Crippen MR) is 90.9 cm³/mol. The van der Waals surface area contributed by atoms with Gasteiger partial charge in [0.2, 0.25) is 5.43 Å². The van der Waals surface area contributed by atoms with Crippen molar-refractivity contribution in [2.24, 2.45) is 0 Å². The molecular formula is C20H17FO2. The summed E-state index contributed by atoms with van der Waals surface area (Å²) in [5.41, 5.74) is 2.11. The van der Waals surface area contributed by atoms with Crippen molar-refractivity contribution < 1.29 is 8.81 Å². The van der Waals surface area contributed by atoms with Crippen molar-refractivity contribution in [3.05, 3.63) is 89.0 Å². The van der Waals surface area contributed by atoms with E-state index in [4.69, 9.17) is 4.42 Å². The average molecular weight is 308 g/mol. The van der Waals surface area contributed by atoms with Crippen LogP contribution >= 0.6 is 0 Å². The Kier molecular flexibility index (Phi) is 4.38. The lowest BCUT2D eigenvalue weighted by atomic mass is 9.94. The second kappa shape index (κ2) is 6.61. The lowest BCUT2D eigenvalue weighted by molar-refractivity contribution is 0.402. The van der Waals surface area contributed by atoms with Crippen molar-refractivity contribution in [1.82, 2.24) is 0 Å². The molecule has 23 heavy (non-hydrogen) atoms. The molecule has 0 amide bonds. The van der Waals surface area contributed by atoms with Crippen LogP contribution < -0.4 is 5.43 Å².